The number of halogens is 3. The molecule has 1 heterocycles. The number of para-hydroxylation sites is 1. The van der Waals surface area contributed by atoms with E-state index in [9.17, 15) is 36.3 Å². The molecule has 0 bridgehead atoms. The first-order chi connectivity index (χ1) is 19.3. The fourth-order valence-electron chi connectivity index (χ4n) is 4.91. The Morgan fingerprint density at radius 3 is 2.46 bits per heavy atom. The maximum absolute atomic E-state index is 13.5. The fraction of sp³-hybridized carbons (Fsp3) is 0.429. The number of methoxy groups -OCH3 is 2. The number of hydrogen-bond donors (Lipinski definition) is 1. The Labute approximate surface area is 237 Å². The van der Waals surface area contributed by atoms with Gasteiger partial charge >= 0.3 is 21.5 Å². The Bertz CT molecular complexity index is 1380. The van der Waals surface area contributed by atoms with E-state index in [0.717, 1.165) is 0 Å². The average Bonchev–Trinajstić information content (AvgIpc) is 3.29. The molecule has 41 heavy (non-hydrogen) atoms. The van der Waals surface area contributed by atoms with Gasteiger partial charge in [-0.2, -0.15) is 21.6 Å². The Balaban J connectivity index is 1.90. The average molecular weight is 599 g/mol. The highest BCUT2D eigenvalue weighted by Gasteiger charge is 2.52. The van der Waals surface area contributed by atoms with Gasteiger partial charge in [0.2, 0.25) is 5.91 Å². The van der Waals surface area contributed by atoms with Gasteiger partial charge in [0.15, 0.2) is 0 Å². The van der Waals surface area contributed by atoms with Gasteiger partial charge in [0.25, 0.3) is 0 Å². The minimum absolute atomic E-state index is 0.0425. The molecule has 0 spiro atoms. The molecule has 1 aliphatic rings. The number of aliphatic carboxylic acids is 1. The van der Waals surface area contributed by atoms with Gasteiger partial charge in [-0.3, -0.25) is 13.9 Å². The molecule has 0 fully saturated rings. The molecule has 1 unspecified atom stereocenters. The van der Waals surface area contributed by atoms with E-state index in [0.29, 0.717) is 26.9 Å². The van der Waals surface area contributed by atoms with Gasteiger partial charge in [-0.25, -0.2) is 0 Å². The van der Waals surface area contributed by atoms with E-state index in [2.05, 4.69) is 0 Å². The van der Waals surface area contributed by atoms with Crippen LogP contribution in [0.25, 0.3) is 0 Å². The number of hydrogen-bond acceptors (Lipinski definition) is 6. The van der Waals surface area contributed by atoms with Gasteiger partial charge in [0.05, 0.1) is 26.3 Å². The zero-order valence-corrected chi connectivity index (χ0v) is 23.7. The molecule has 224 valence electrons. The topological polar surface area (TPSA) is 113 Å². The van der Waals surface area contributed by atoms with Crippen LogP contribution >= 0.6 is 0 Å². The Hall–Kier alpha value is -3.74. The number of carboxylic acid groups (broad SMARTS) is 1. The standard InChI is InChI=1S/C28H33F3N2O7S/c1-4-7-19(15-27(35)36)14-26(34)32(17-21-10-11-22(39-2)16-25(21)40-3)13-12-20-18-33(41(37,38)28(29,30)31)24-9-6-5-8-23(20)24/h4-11,16,19-20H,12-15,17-18H2,1-3H3,(H,35,36)/b7-4-/t19-,20?/m1/s1. The zero-order valence-electron chi connectivity index (χ0n) is 22.9. The summed E-state index contributed by atoms with van der Waals surface area (Å²) in [6.07, 6.45) is 3.12. The van der Waals surface area contributed by atoms with Crippen molar-refractivity contribution in [2.75, 3.05) is 31.6 Å². The predicted molar refractivity (Wildman–Crippen MR) is 146 cm³/mol. The molecule has 0 radical (unpaired) electrons. The number of anilines is 1. The first kappa shape index (κ1) is 31.8. The largest absolute Gasteiger partial charge is 0.516 e. The summed E-state index contributed by atoms with van der Waals surface area (Å²) < 4.78 is 75.9. The number of fused-ring (bicyclic) bond motifs is 1. The molecule has 2 aromatic rings. The number of allylic oxidation sites excluding steroid dienone is 2. The molecule has 2 atom stereocenters. The number of ether oxygens (including phenoxy) is 2. The molecule has 2 aromatic carbocycles. The maximum Gasteiger partial charge on any atom is 0.516 e. The van der Waals surface area contributed by atoms with E-state index < -0.39 is 39.9 Å². The van der Waals surface area contributed by atoms with Crippen LogP contribution in [0, 0.1) is 5.92 Å². The zero-order chi connectivity index (χ0) is 30.4. The predicted octanol–water partition coefficient (Wildman–Crippen LogP) is 4.93. The molecule has 9 nitrogen and oxygen atoms in total. The maximum atomic E-state index is 13.5. The molecule has 13 heteroatoms. The van der Waals surface area contributed by atoms with Crippen molar-refractivity contribution in [1.82, 2.24) is 4.90 Å². The monoisotopic (exact) mass is 598 g/mol. The van der Waals surface area contributed by atoms with Crippen LogP contribution in [0.2, 0.25) is 0 Å². The van der Waals surface area contributed by atoms with Crippen molar-refractivity contribution < 1.29 is 45.8 Å². The van der Waals surface area contributed by atoms with Crippen molar-refractivity contribution in [3.8, 4) is 11.5 Å². The number of nitrogens with zero attached hydrogens (tertiary/aromatic N) is 2. The van der Waals surface area contributed by atoms with Crippen molar-refractivity contribution in [2.24, 2.45) is 5.92 Å². The van der Waals surface area contributed by atoms with Crippen LogP contribution in [-0.4, -0.2) is 63.1 Å². The molecule has 1 N–H and O–H groups in total. The van der Waals surface area contributed by atoms with Gasteiger partial charge in [0.1, 0.15) is 11.5 Å². The van der Waals surface area contributed by atoms with Crippen LogP contribution in [0.1, 0.15) is 43.2 Å². The Morgan fingerprint density at radius 1 is 1.15 bits per heavy atom. The van der Waals surface area contributed by atoms with Crippen LogP contribution in [-0.2, 0) is 26.2 Å². The third-order valence-corrected chi connectivity index (χ3v) is 8.42. The molecular weight excluding hydrogens is 565 g/mol. The van der Waals surface area contributed by atoms with Crippen molar-refractivity contribution in [3.63, 3.8) is 0 Å². The molecule has 0 aliphatic carbocycles. The molecule has 0 saturated heterocycles. The van der Waals surface area contributed by atoms with E-state index in [1.807, 2.05) is 0 Å². The molecule has 3 rings (SSSR count). The number of sulfonamides is 1. The summed E-state index contributed by atoms with van der Waals surface area (Å²) in [6.45, 7) is 1.44. The fourth-order valence-corrected chi connectivity index (χ4v) is 5.96. The molecular formula is C28H33F3N2O7S. The smallest absolute Gasteiger partial charge is 0.497 e. The second kappa shape index (κ2) is 13.3. The lowest BCUT2D eigenvalue weighted by Gasteiger charge is -2.27. The molecule has 0 aromatic heterocycles. The second-order valence-electron chi connectivity index (χ2n) is 9.61. The summed E-state index contributed by atoms with van der Waals surface area (Å²) in [6, 6.07) is 11.1. The SMILES string of the molecule is C/C=C\[C@@H](CC(=O)O)CC(=O)N(CCC1CN(S(=O)(=O)C(F)(F)F)c2ccccc21)Cc1ccc(OC)cc1OC. The normalized spacial score (nSPS) is 16.0. The summed E-state index contributed by atoms with van der Waals surface area (Å²) in [5.74, 6) is -1.61. The lowest BCUT2D eigenvalue weighted by atomic mass is 9.96. The third-order valence-electron chi connectivity index (χ3n) is 6.91. The molecule has 1 aliphatic heterocycles. The first-order valence-electron chi connectivity index (χ1n) is 12.8. The van der Waals surface area contributed by atoms with Crippen LogP contribution < -0.4 is 13.8 Å². The first-order valence-corrected chi connectivity index (χ1v) is 14.3. The lowest BCUT2D eigenvalue weighted by molar-refractivity contribution is -0.138. The summed E-state index contributed by atoms with van der Waals surface area (Å²) >= 11 is 0. The summed E-state index contributed by atoms with van der Waals surface area (Å²) in [7, 11) is -2.66. The van der Waals surface area contributed by atoms with Gasteiger partial charge in [0, 0.05) is 43.6 Å². The van der Waals surface area contributed by atoms with Gasteiger partial charge in [-0.05, 0) is 43.0 Å². The highest BCUT2D eigenvalue weighted by molar-refractivity contribution is 7.93. The van der Waals surface area contributed by atoms with Gasteiger partial charge < -0.3 is 19.5 Å². The lowest BCUT2D eigenvalue weighted by Crippen LogP contribution is -2.40. The summed E-state index contributed by atoms with van der Waals surface area (Å²) in [5, 5.41) is 9.28. The van der Waals surface area contributed by atoms with Gasteiger partial charge in [-0.1, -0.05) is 30.4 Å². The Kier molecular flexibility index (Phi) is 10.3. The van der Waals surface area contributed by atoms with Crippen LogP contribution in [0.4, 0.5) is 18.9 Å². The van der Waals surface area contributed by atoms with E-state index in [1.165, 1.54) is 31.3 Å². The van der Waals surface area contributed by atoms with E-state index >= 15 is 0 Å². The van der Waals surface area contributed by atoms with Crippen LogP contribution in [0.3, 0.4) is 0 Å². The Morgan fingerprint density at radius 2 is 1.85 bits per heavy atom. The van der Waals surface area contributed by atoms with Crippen LogP contribution in [0.15, 0.2) is 54.6 Å². The van der Waals surface area contributed by atoms with Crippen molar-refractivity contribution >= 4 is 27.6 Å². The number of carbonyl (C=O) groups is 2. The second-order valence-corrected chi connectivity index (χ2v) is 11.5. The highest BCUT2D eigenvalue weighted by Crippen LogP contribution is 2.43. The van der Waals surface area contributed by atoms with Crippen LogP contribution in [0.5, 0.6) is 11.5 Å². The van der Waals surface area contributed by atoms with Crippen molar-refractivity contribution in [3.05, 3.63) is 65.7 Å². The minimum atomic E-state index is -5.61. The number of amides is 1. The number of carboxylic acids is 1. The number of benzene rings is 2. The van der Waals surface area contributed by atoms with E-state index in [1.54, 1.807) is 49.4 Å². The molecule has 1 amide bonds. The van der Waals surface area contributed by atoms with Crippen molar-refractivity contribution in [1.29, 1.82) is 0 Å². The van der Waals surface area contributed by atoms with Crippen molar-refractivity contribution in [2.45, 2.75) is 44.2 Å². The number of rotatable bonds is 13. The third kappa shape index (κ3) is 7.51. The minimum Gasteiger partial charge on any atom is -0.497 e. The summed E-state index contributed by atoms with van der Waals surface area (Å²) in [4.78, 5) is 26.4. The quantitative estimate of drug-likeness (QED) is 0.325. The number of carbonyl (C=O) groups excluding carboxylic acids is 1. The molecule has 0 saturated carbocycles. The summed E-state index contributed by atoms with van der Waals surface area (Å²) in [5.41, 5.74) is -4.43. The number of alkyl halides is 3. The van der Waals surface area contributed by atoms with E-state index in [-0.39, 0.29) is 43.9 Å². The van der Waals surface area contributed by atoms with E-state index in [4.69, 9.17) is 9.47 Å². The van der Waals surface area contributed by atoms with Gasteiger partial charge in [-0.15, -0.1) is 0 Å². The highest BCUT2D eigenvalue weighted by atomic mass is 32.2.